The Labute approximate surface area is 116 Å². The van der Waals surface area contributed by atoms with Crippen LogP contribution in [0.25, 0.3) is 10.2 Å². The number of para-hydroxylation sites is 1. The number of aryl methyl sites for hydroxylation is 1. The number of fused-ring (bicyclic) bond motifs is 1. The summed E-state index contributed by atoms with van der Waals surface area (Å²) in [5.74, 6) is 0. The van der Waals surface area contributed by atoms with Crippen LogP contribution in [0.4, 0.5) is 0 Å². The fourth-order valence-corrected chi connectivity index (χ4v) is 3.37. The normalized spacial score (nSPS) is 11.1. The molecule has 0 aliphatic carbocycles. The van der Waals surface area contributed by atoms with Crippen LogP contribution in [0.15, 0.2) is 42.5 Å². The standard InChI is InChI=1S/C16H16N2S/c1-11-5-4-8-14-16(11)18-15(19-14)9-12-6-2-3-7-13(12)10-17/h2-8H,9-10,17H2,1H3. The van der Waals surface area contributed by atoms with Gasteiger partial charge >= 0.3 is 0 Å². The quantitative estimate of drug-likeness (QED) is 0.787. The Bertz CT molecular complexity index is 716. The molecule has 0 aliphatic rings. The predicted octanol–water partition coefficient (Wildman–Crippen LogP) is 3.65. The SMILES string of the molecule is Cc1cccc2sc(Cc3ccccc3CN)nc12. The van der Waals surface area contributed by atoms with Gasteiger partial charge in [0.15, 0.2) is 0 Å². The lowest BCUT2D eigenvalue weighted by Crippen LogP contribution is -2.01. The molecule has 1 aromatic heterocycles. The van der Waals surface area contributed by atoms with Crippen molar-refractivity contribution in [3.63, 3.8) is 0 Å². The number of nitrogens with zero attached hydrogens (tertiary/aromatic N) is 1. The minimum atomic E-state index is 0.583. The smallest absolute Gasteiger partial charge is 0.0982 e. The van der Waals surface area contributed by atoms with E-state index in [1.54, 1.807) is 11.3 Å². The van der Waals surface area contributed by atoms with E-state index in [-0.39, 0.29) is 0 Å². The van der Waals surface area contributed by atoms with Crippen LogP contribution >= 0.6 is 11.3 Å². The number of hydrogen-bond donors (Lipinski definition) is 1. The highest BCUT2D eigenvalue weighted by atomic mass is 32.1. The molecule has 0 saturated heterocycles. The summed E-state index contributed by atoms with van der Waals surface area (Å²) >= 11 is 1.77. The van der Waals surface area contributed by atoms with E-state index in [0.717, 1.165) is 16.9 Å². The maximum Gasteiger partial charge on any atom is 0.0982 e. The van der Waals surface area contributed by atoms with Crippen LogP contribution in [0.2, 0.25) is 0 Å². The van der Waals surface area contributed by atoms with Crippen molar-refractivity contribution in [2.24, 2.45) is 5.73 Å². The molecule has 0 aliphatic heterocycles. The molecule has 2 aromatic carbocycles. The molecule has 0 bridgehead atoms. The van der Waals surface area contributed by atoms with Crippen LogP contribution in [-0.2, 0) is 13.0 Å². The number of nitrogens with two attached hydrogens (primary N) is 1. The lowest BCUT2D eigenvalue weighted by Gasteiger charge is -2.04. The van der Waals surface area contributed by atoms with Gasteiger partial charge in [0.05, 0.1) is 15.2 Å². The summed E-state index contributed by atoms with van der Waals surface area (Å²) in [5, 5.41) is 1.16. The summed E-state index contributed by atoms with van der Waals surface area (Å²) in [6.07, 6.45) is 0.867. The first-order valence-corrected chi connectivity index (χ1v) is 7.21. The third kappa shape index (κ3) is 2.39. The molecule has 0 amide bonds. The van der Waals surface area contributed by atoms with Crippen molar-refractivity contribution in [1.29, 1.82) is 0 Å². The fourth-order valence-electron chi connectivity index (χ4n) is 2.30. The van der Waals surface area contributed by atoms with Gasteiger partial charge in [0, 0.05) is 13.0 Å². The molecule has 2 nitrogen and oxygen atoms in total. The number of thiazole rings is 1. The number of benzene rings is 2. The lowest BCUT2D eigenvalue weighted by molar-refractivity contribution is 1.01. The molecule has 0 spiro atoms. The highest BCUT2D eigenvalue weighted by Crippen LogP contribution is 2.26. The maximum atomic E-state index is 5.79. The van der Waals surface area contributed by atoms with Gasteiger partial charge < -0.3 is 5.73 Å². The zero-order valence-electron chi connectivity index (χ0n) is 10.9. The lowest BCUT2D eigenvalue weighted by atomic mass is 10.1. The van der Waals surface area contributed by atoms with Crippen LogP contribution in [0.5, 0.6) is 0 Å². The summed E-state index contributed by atoms with van der Waals surface area (Å²) in [4.78, 5) is 4.76. The summed E-state index contributed by atoms with van der Waals surface area (Å²) in [6.45, 7) is 2.69. The van der Waals surface area contributed by atoms with E-state index in [4.69, 9.17) is 10.7 Å². The predicted molar refractivity (Wildman–Crippen MR) is 81.5 cm³/mol. The fraction of sp³-hybridized carbons (Fsp3) is 0.188. The second-order valence-electron chi connectivity index (χ2n) is 4.68. The Morgan fingerprint density at radius 1 is 1.05 bits per heavy atom. The monoisotopic (exact) mass is 268 g/mol. The Hall–Kier alpha value is -1.71. The number of hydrogen-bond acceptors (Lipinski definition) is 3. The van der Waals surface area contributed by atoms with E-state index in [0.29, 0.717) is 6.54 Å². The third-order valence-electron chi connectivity index (χ3n) is 3.34. The van der Waals surface area contributed by atoms with Gasteiger partial charge in [-0.15, -0.1) is 11.3 Å². The largest absolute Gasteiger partial charge is 0.326 e. The van der Waals surface area contributed by atoms with Gasteiger partial charge in [0.2, 0.25) is 0 Å². The van der Waals surface area contributed by atoms with Gasteiger partial charge in [-0.05, 0) is 29.7 Å². The second-order valence-corrected chi connectivity index (χ2v) is 5.79. The van der Waals surface area contributed by atoms with Crippen LogP contribution in [-0.4, -0.2) is 4.98 Å². The molecule has 0 atom stereocenters. The molecule has 3 heteroatoms. The van der Waals surface area contributed by atoms with Gasteiger partial charge in [-0.3, -0.25) is 0 Å². The van der Waals surface area contributed by atoms with Gasteiger partial charge in [-0.2, -0.15) is 0 Å². The molecule has 96 valence electrons. The first-order chi connectivity index (χ1) is 9.28. The van der Waals surface area contributed by atoms with E-state index in [9.17, 15) is 0 Å². The molecule has 19 heavy (non-hydrogen) atoms. The van der Waals surface area contributed by atoms with Crippen LogP contribution < -0.4 is 5.73 Å². The topological polar surface area (TPSA) is 38.9 Å². The maximum absolute atomic E-state index is 5.79. The number of aromatic nitrogens is 1. The Morgan fingerprint density at radius 3 is 2.58 bits per heavy atom. The van der Waals surface area contributed by atoms with Crippen molar-refractivity contribution < 1.29 is 0 Å². The zero-order valence-corrected chi connectivity index (χ0v) is 11.7. The Balaban J connectivity index is 1.99. The molecule has 3 rings (SSSR count). The van der Waals surface area contributed by atoms with Crippen molar-refractivity contribution in [3.05, 3.63) is 64.2 Å². The van der Waals surface area contributed by atoms with Crippen molar-refractivity contribution in [3.8, 4) is 0 Å². The minimum Gasteiger partial charge on any atom is -0.326 e. The van der Waals surface area contributed by atoms with E-state index in [1.165, 1.54) is 21.4 Å². The Morgan fingerprint density at radius 2 is 1.84 bits per heavy atom. The molecule has 3 aromatic rings. The summed E-state index contributed by atoms with van der Waals surface area (Å²) in [5.41, 5.74) is 10.6. The minimum absolute atomic E-state index is 0.583. The van der Waals surface area contributed by atoms with Crippen molar-refractivity contribution >= 4 is 21.6 Å². The summed E-state index contributed by atoms with van der Waals surface area (Å²) in [6, 6.07) is 14.7. The first-order valence-electron chi connectivity index (χ1n) is 6.40. The van der Waals surface area contributed by atoms with Crippen LogP contribution in [0.3, 0.4) is 0 Å². The van der Waals surface area contributed by atoms with Crippen molar-refractivity contribution in [1.82, 2.24) is 4.98 Å². The van der Waals surface area contributed by atoms with Crippen molar-refractivity contribution in [2.45, 2.75) is 19.9 Å². The summed E-state index contributed by atoms with van der Waals surface area (Å²) in [7, 11) is 0. The molecule has 0 saturated carbocycles. The first kappa shape index (κ1) is 12.3. The molecule has 1 heterocycles. The Kier molecular flexibility index (Phi) is 3.32. The van der Waals surface area contributed by atoms with Gasteiger partial charge in [-0.1, -0.05) is 36.4 Å². The molecule has 0 unspecified atom stereocenters. The van der Waals surface area contributed by atoms with Gasteiger partial charge in [0.1, 0.15) is 0 Å². The average Bonchev–Trinajstić information content (AvgIpc) is 2.83. The second kappa shape index (κ2) is 5.11. The summed E-state index contributed by atoms with van der Waals surface area (Å²) < 4.78 is 1.26. The van der Waals surface area contributed by atoms with E-state index in [2.05, 4.69) is 43.3 Å². The van der Waals surface area contributed by atoms with E-state index >= 15 is 0 Å². The molecule has 0 fully saturated rings. The molecular formula is C16H16N2S. The molecular weight excluding hydrogens is 252 g/mol. The molecule has 2 N–H and O–H groups in total. The third-order valence-corrected chi connectivity index (χ3v) is 4.37. The van der Waals surface area contributed by atoms with Crippen molar-refractivity contribution in [2.75, 3.05) is 0 Å². The van der Waals surface area contributed by atoms with Gasteiger partial charge in [0.25, 0.3) is 0 Å². The number of rotatable bonds is 3. The van der Waals surface area contributed by atoms with Gasteiger partial charge in [-0.25, -0.2) is 4.98 Å². The highest BCUT2D eigenvalue weighted by molar-refractivity contribution is 7.18. The van der Waals surface area contributed by atoms with Crippen LogP contribution in [0, 0.1) is 6.92 Å². The highest BCUT2D eigenvalue weighted by Gasteiger charge is 2.08. The average molecular weight is 268 g/mol. The van der Waals surface area contributed by atoms with Crippen LogP contribution in [0.1, 0.15) is 21.7 Å². The van der Waals surface area contributed by atoms with E-state index in [1.807, 2.05) is 6.07 Å². The van der Waals surface area contributed by atoms with E-state index < -0.39 is 0 Å². The molecule has 0 radical (unpaired) electrons. The zero-order chi connectivity index (χ0) is 13.2.